The number of aliphatic hydroxyl groups is 1. The van der Waals surface area contributed by atoms with E-state index in [1.54, 1.807) is 42.6 Å². The van der Waals surface area contributed by atoms with E-state index in [1.807, 2.05) is 24.3 Å². The molecule has 0 radical (unpaired) electrons. The second-order valence-corrected chi connectivity index (χ2v) is 9.05. The molecule has 0 saturated carbocycles. The zero-order chi connectivity index (χ0) is 25.9. The highest BCUT2D eigenvalue weighted by atomic mass is 16.5. The van der Waals surface area contributed by atoms with Crippen molar-refractivity contribution in [1.82, 2.24) is 4.98 Å². The van der Waals surface area contributed by atoms with Crippen molar-refractivity contribution >= 4 is 28.8 Å². The molecule has 190 valence electrons. The fourth-order valence-corrected chi connectivity index (χ4v) is 5.04. The molecule has 8 heteroatoms. The minimum absolute atomic E-state index is 0.0599. The lowest BCUT2D eigenvalue weighted by atomic mass is 9.97. The van der Waals surface area contributed by atoms with Crippen LogP contribution in [0, 0.1) is 0 Å². The highest BCUT2D eigenvalue weighted by Gasteiger charge is 2.48. The van der Waals surface area contributed by atoms with E-state index in [9.17, 15) is 14.7 Å². The summed E-state index contributed by atoms with van der Waals surface area (Å²) in [4.78, 5) is 35.1. The molecule has 2 saturated heterocycles. The van der Waals surface area contributed by atoms with E-state index in [-0.39, 0.29) is 16.9 Å². The molecule has 2 fully saturated rings. The van der Waals surface area contributed by atoms with Gasteiger partial charge < -0.3 is 19.5 Å². The average Bonchev–Trinajstić information content (AvgIpc) is 3.23. The fraction of sp³-hybridized carbons (Fsp3) is 0.276. The van der Waals surface area contributed by atoms with Crippen molar-refractivity contribution in [2.75, 3.05) is 37.1 Å². The third kappa shape index (κ3) is 4.50. The van der Waals surface area contributed by atoms with Crippen molar-refractivity contribution in [3.05, 3.63) is 83.7 Å². The van der Waals surface area contributed by atoms with E-state index in [0.29, 0.717) is 22.9 Å². The number of amides is 1. The first-order chi connectivity index (χ1) is 18.0. The number of aromatic nitrogens is 1. The van der Waals surface area contributed by atoms with Gasteiger partial charge in [-0.15, -0.1) is 0 Å². The first kappa shape index (κ1) is 24.4. The van der Waals surface area contributed by atoms with Crippen LogP contribution in [-0.2, 0) is 9.59 Å². The maximum absolute atomic E-state index is 13.4. The molecular weight excluding hydrogens is 470 g/mol. The van der Waals surface area contributed by atoms with Crippen LogP contribution in [0.3, 0.4) is 0 Å². The third-order valence-electron chi connectivity index (χ3n) is 6.92. The van der Waals surface area contributed by atoms with Crippen LogP contribution in [0.25, 0.3) is 5.76 Å². The first-order valence-electron chi connectivity index (χ1n) is 12.3. The summed E-state index contributed by atoms with van der Waals surface area (Å²) in [5.41, 5.74) is 2.28. The monoisotopic (exact) mass is 499 g/mol. The standard InChI is InChI=1S/C29H29N3O5/c1-36-21-13-14-24(37-2)22(18-21)27(33)25-26(23-8-4-5-15-30-23)32(29(35)28(25)34)20-11-9-19(10-12-20)31-16-6-3-7-17-31/h4-5,8-15,18,26,33H,3,6-7,16-17H2,1-2H3/b27-25+. The molecule has 2 aliphatic heterocycles. The Kier molecular flexibility index (Phi) is 6.81. The van der Waals surface area contributed by atoms with E-state index in [4.69, 9.17) is 9.47 Å². The summed E-state index contributed by atoms with van der Waals surface area (Å²) in [7, 11) is 2.98. The van der Waals surface area contributed by atoms with Crippen LogP contribution in [0.5, 0.6) is 11.5 Å². The summed E-state index contributed by atoms with van der Waals surface area (Å²) in [6.07, 6.45) is 5.15. The molecule has 0 aliphatic carbocycles. The van der Waals surface area contributed by atoms with E-state index in [2.05, 4.69) is 9.88 Å². The highest BCUT2D eigenvalue weighted by Crippen LogP contribution is 2.43. The molecular formula is C29H29N3O5. The molecule has 1 atom stereocenters. The van der Waals surface area contributed by atoms with Crippen LogP contribution in [-0.4, -0.2) is 49.1 Å². The number of carbonyl (C=O) groups is 2. The van der Waals surface area contributed by atoms with Gasteiger partial charge in [-0.25, -0.2) is 0 Å². The van der Waals surface area contributed by atoms with Crippen molar-refractivity contribution in [3.63, 3.8) is 0 Å². The summed E-state index contributed by atoms with van der Waals surface area (Å²) in [5.74, 6) is -1.06. The van der Waals surface area contributed by atoms with Crippen molar-refractivity contribution in [3.8, 4) is 11.5 Å². The number of carbonyl (C=O) groups excluding carboxylic acids is 2. The molecule has 1 aromatic heterocycles. The number of nitrogens with zero attached hydrogens (tertiary/aromatic N) is 3. The number of pyridine rings is 1. The number of Topliss-reactive ketones (excluding diaryl/α,β-unsaturated/α-hetero) is 1. The van der Waals surface area contributed by atoms with Gasteiger partial charge in [-0.1, -0.05) is 6.07 Å². The fourth-order valence-electron chi connectivity index (χ4n) is 5.04. The summed E-state index contributed by atoms with van der Waals surface area (Å²) < 4.78 is 10.7. The lowest BCUT2D eigenvalue weighted by Crippen LogP contribution is -2.31. The van der Waals surface area contributed by atoms with Gasteiger partial charge in [0.2, 0.25) is 0 Å². The molecule has 3 heterocycles. The molecule has 0 bridgehead atoms. The number of rotatable bonds is 6. The predicted octanol–water partition coefficient (Wildman–Crippen LogP) is 4.72. The van der Waals surface area contributed by atoms with Crippen molar-refractivity contribution in [1.29, 1.82) is 0 Å². The molecule has 2 aromatic carbocycles. The third-order valence-corrected chi connectivity index (χ3v) is 6.92. The number of methoxy groups -OCH3 is 2. The number of ether oxygens (including phenoxy) is 2. The van der Waals surface area contributed by atoms with Gasteiger partial charge >= 0.3 is 0 Å². The minimum Gasteiger partial charge on any atom is -0.507 e. The van der Waals surface area contributed by atoms with Gasteiger partial charge in [0.1, 0.15) is 23.3 Å². The number of piperidine rings is 1. The van der Waals surface area contributed by atoms with Gasteiger partial charge in [0, 0.05) is 30.7 Å². The van der Waals surface area contributed by atoms with Crippen LogP contribution >= 0.6 is 0 Å². The maximum atomic E-state index is 13.4. The lowest BCUT2D eigenvalue weighted by Gasteiger charge is -2.30. The average molecular weight is 500 g/mol. The largest absolute Gasteiger partial charge is 0.507 e. The molecule has 8 nitrogen and oxygen atoms in total. The van der Waals surface area contributed by atoms with Gasteiger partial charge in [0.25, 0.3) is 11.7 Å². The Morgan fingerprint density at radius 2 is 1.65 bits per heavy atom. The van der Waals surface area contributed by atoms with Crippen LogP contribution in [0.4, 0.5) is 11.4 Å². The summed E-state index contributed by atoms with van der Waals surface area (Å²) >= 11 is 0. The topological polar surface area (TPSA) is 92.2 Å². The summed E-state index contributed by atoms with van der Waals surface area (Å²) in [6, 6.07) is 16.9. The number of anilines is 2. The summed E-state index contributed by atoms with van der Waals surface area (Å²) in [6.45, 7) is 2.00. The van der Waals surface area contributed by atoms with Crippen molar-refractivity contribution in [2.24, 2.45) is 0 Å². The number of benzene rings is 2. The van der Waals surface area contributed by atoms with E-state index < -0.39 is 17.7 Å². The van der Waals surface area contributed by atoms with Gasteiger partial charge in [0.15, 0.2) is 0 Å². The Hall–Kier alpha value is -4.33. The van der Waals surface area contributed by atoms with E-state index in [0.717, 1.165) is 31.6 Å². The Morgan fingerprint density at radius 3 is 2.30 bits per heavy atom. The van der Waals surface area contributed by atoms with Crippen LogP contribution in [0.15, 0.2) is 72.4 Å². The summed E-state index contributed by atoms with van der Waals surface area (Å²) in [5, 5.41) is 11.5. The van der Waals surface area contributed by atoms with Crippen molar-refractivity contribution in [2.45, 2.75) is 25.3 Å². The minimum atomic E-state index is -0.919. The zero-order valence-corrected chi connectivity index (χ0v) is 20.9. The zero-order valence-electron chi connectivity index (χ0n) is 20.9. The molecule has 1 amide bonds. The second kappa shape index (κ2) is 10.3. The van der Waals surface area contributed by atoms with E-state index in [1.165, 1.54) is 25.5 Å². The Bertz CT molecular complexity index is 1330. The SMILES string of the molecule is COc1ccc(OC)c(/C(O)=C2\C(=O)C(=O)N(c3ccc(N4CCCCC4)cc3)C2c2ccccn2)c1. The van der Waals surface area contributed by atoms with Crippen LogP contribution in [0.1, 0.15) is 36.6 Å². The molecule has 5 rings (SSSR count). The molecule has 2 aliphatic rings. The van der Waals surface area contributed by atoms with Gasteiger partial charge in [-0.3, -0.25) is 19.5 Å². The predicted molar refractivity (Wildman–Crippen MR) is 141 cm³/mol. The normalized spacial score (nSPS) is 19.2. The van der Waals surface area contributed by atoms with Gasteiger partial charge in [-0.05, 0) is 73.9 Å². The number of hydrogen-bond donors (Lipinski definition) is 1. The smallest absolute Gasteiger partial charge is 0.300 e. The lowest BCUT2D eigenvalue weighted by molar-refractivity contribution is -0.132. The molecule has 37 heavy (non-hydrogen) atoms. The Morgan fingerprint density at radius 1 is 0.919 bits per heavy atom. The van der Waals surface area contributed by atoms with Gasteiger partial charge in [-0.2, -0.15) is 0 Å². The second-order valence-electron chi connectivity index (χ2n) is 9.05. The maximum Gasteiger partial charge on any atom is 0.300 e. The number of hydrogen-bond acceptors (Lipinski definition) is 7. The quantitative estimate of drug-likeness (QED) is 0.298. The van der Waals surface area contributed by atoms with E-state index >= 15 is 0 Å². The Balaban J connectivity index is 1.63. The van der Waals surface area contributed by atoms with Crippen molar-refractivity contribution < 1.29 is 24.2 Å². The molecule has 0 spiro atoms. The molecule has 1 unspecified atom stereocenters. The molecule has 3 aromatic rings. The van der Waals surface area contributed by atoms with Crippen LogP contribution < -0.4 is 19.3 Å². The van der Waals surface area contributed by atoms with Crippen LogP contribution in [0.2, 0.25) is 0 Å². The first-order valence-corrected chi connectivity index (χ1v) is 12.3. The number of ketones is 1. The highest BCUT2D eigenvalue weighted by molar-refractivity contribution is 6.51. The number of aliphatic hydroxyl groups excluding tert-OH is 1. The Labute approximate surface area is 215 Å². The van der Waals surface area contributed by atoms with Gasteiger partial charge in [0.05, 0.1) is 31.1 Å². The molecule has 1 N–H and O–H groups in total.